The minimum atomic E-state index is 0.391. The van der Waals surface area contributed by atoms with Gasteiger partial charge in [-0.1, -0.05) is 51.1 Å². The van der Waals surface area contributed by atoms with Crippen LogP contribution in [0.5, 0.6) is 11.5 Å². The lowest BCUT2D eigenvalue weighted by molar-refractivity contribution is -0.120. The average Bonchev–Trinajstić information content (AvgIpc) is 2.59. The van der Waals surface area contributed by atoms with Gasteiger partial charge in [-0.15, -0.1) is 0 Å². The van der Waals surface area contributed by atoms with Crippen LogP contribution >= 0.6 is 0 Å². The molecule has 0 atom stereocenters. The third-order valence-electron chi connectivity index (χ3n) is 2.49. The first-order chi connectivity index (χ1) is 10.3. The maximum atomic E-state index is 9.88. The standard InChI is InChI=1S/C8H8O3.C8H10.C2H6/c1-10-7-2-4-8(5-3-7)11-6-9;1-2-8-6-4-3-5-7-8;1-2/h2-6H,1H3;3-7H,2H2,1H3;1-2H3. The lowest BCUT2D eigenvalue weighted by Crippen LogP contribution is -1.88. The van der Waals surface area contributed by atoms with Crippen molar-refractivity contribution in [3.63, 3.8) is 0 Å². The van der Waals surface area contributed by atoms with Gasteiger partial charge in [0.2, 0.25) is 0 Å². The maximum Gasteiger partial charge on any atom is 0.298 e. The molecule has 2 aromatic rings. The van der Waals surface area contributed by atoms with Crippen LogP contribution in [-0.2, 0) is 11.2 Å². The van der Waals surface area contributed by atoms with E-state index in [1.807, 2.05) is 19.9 Å². The highest BCUT2D eigenvalue weighted by molar-refractivity contribution is 5.45. The summed E-state index contributed by atoms with van der Waals surface area (Å²) in [5.41, 5.74) is 1.41. The Morgan fingerprint density at radius 2 is 1.43 bits per heavy atom. The molecule has 0 spiro atoms. The monoisotopic (exact) mass is 288 g/mol. The summed E-state index contributed by atoms with van der Waals surface area (Å²) in [4.78, 5) is 9.88. The van der Waals surface area contributed by atoms with Gasteiger partial charge < -0.3 is 9.47 Å². The lowest BCUT2D eigenvalue weighted by atomic mass is 10.2. The van der Waals surface area contributed by atoms with E-state index in [-0.39, 0.29) is 0 Å². The van der Waals surface area contributed by atoms with E-state index in [1.165, 1.54) is 5.56 Å². The van der Waals surface area contributed by atoms with Crippen molar-refractivity contribution in [2.75, 3.05) is 7.11 Å². The zero-order chi connectivity index (χ0) is 15.9. The van der Waals surface area contributed by atoms with Crippen LogP contribution in [0.3, 0.4) is 0 Å². The highest BCUT2D eigenvalue weighted by Crippen LogP contribution is 2.15. The first-order valence-electron chi connectivity index (χ1n) is 7.08. The molecule has 0 heterocycles. The number of methoxy groups -OCH3 is 1. The van der Waals surface area contributed by atoms with Crippen LogP contribution in [0.25, 0.3) is 0 Å². The number of ether oxygens (including phenoxy) is 2. The van der Waals surface area contributed by atoms with Crippen LogP contribution in [0.1, 0.15) is 26.3 Å². The Hall–Kier alpha value is -2.29. The molecule has 0 amide bonds. The van der Waals surface area contributed by atoms with Gasteiger partial charge in [0.05, 0.1) is 7.11 Å². The third-order valence-corrected chi connectivity index (χ3v) is 2.49. The Bertz CT molecular complexity index is 464. The number of carbonyl (C=O) groups is 1. The van der Waals surface area contributed by atoms with Crippen molar-refractivity contribution < 1.29 is 14.3 Å². The van der Waals surface area contributed by atoms with Gasteiger partial charge in [-0.05, 0) is 36.2 Å². The molecule has 0 aliphatic carbocycles. The van der Waals surface area contributed by atoms with Gasteiger partial charge in [-0.25, -0.2) is 0 Å². The molecule has 0 saturated carbocycles. The predicted molar refractivity (Wildman–Crippen MR) is 86.9 cm³/mol. The number of hydrogen-bond acceptors (Lipinski definition) is 3. The number of benzene rings is 2. The Morgan fingerprint density at radius 3 is 1.81 bits per heavy atom. The zero-order valence-electron chi connectivity index (χ0n) is 13.2. The normalized spacial score (nSPS) is 8.38. The molecule has 0 bridgehead atoms. The van der Waals surface area contributed by atoms with Gasteiger partial charge in [0.15, 0.2) is 0 Å². The summed E-state index contributed by atoms with van der Waals surface area (Å²) < 4.78 is 9.47. The van der Waals surface area contributed by atoms with Gasteiger partial charge in [-0.3, -0.25) is 4.79 Å². The largest absolute Gasteiger partial charge is 0.497 e. The minimum Gasteiger partial charge on any atom is -0.497 e. The van der Waals surface area contributed by atoms with E-state index in [0.717, 1.165) is 12.2 Å². The summed E-state index contributed by atoms with van der Waals surface area (Å²) in [6, 6.07) is 17.2. The van der Waals surface area contributed by atoms with Gasteiger partial charge in [0.25, 0.3) is 6.47 Å². The molecule has 21 heavy (non-hydrogen) atoms. The van der Waals surface area contributed by atoms with Crippen molar-refractivity contribution in [1.29, 1.82) is 0 Å². The molecule has 3 nitrogen and oxygen atoms in total. The summed E-state index contributed by atoms with van der Waals surface area (Å²) in [5.74, 6) is 1.25. The van der Waals surface area contributed by atoms with Crippen LogP contribution < -0.4 is 9.47 Å². The van der Waals surface area contributed by atoms with Gasteiger partial charge >= 0.3 is 0 Å². The topological polar surface area (TPSA) is 35.5 Å². The molecule has 0 aliphatic heterocycles. The van der Waals surface area contributed by atoms with Gasteiger partial charge in [0, 0.05) is 0 Å². The summed E-state index contributed by atoms with van der Waals surface area (Å²) in [7, 11) is 1.58. The lowest BCUT2D eigenvalue weighted by Gasteiger charge is -1.99. The van der Waals surface area contributed by atoms with E-state index in [1.54, 1.807) is 31.4 Å². The molecule has 0 fully saturated rings. The van der Waals surface area contributed by atoms with E-state index >= 15 is 0 Å². The molecule has 0 N–H and O–H groups in total. The van der Waals surface area contributed by atoms with E-state index in [2.05, 4.69) is 35.9 Å². The first kappa shape index (κ1) is 18.7. The molecule has 114 valence electrons. The average molecular weight is 288 g/mol. The maximum absolute atomic E-state index is 9.88. The van der Waals surface area contributed by atoms with Crippen molar-refractivity contribution in [2.45, 2.75) is 27.2 Å². The number of carbonyl (C=O) groups excluding carboxylic acids is 1. The molecular weight excluding hydrogens is 264 g/mol. The molecule has 3 heteroatoms. The second-order valence-corrected chi connectivity index (χ2v) is 3.73. The third kappa shape index (κ3) is 8.47. The zero-order valence-corrected chi connectivity index (χ0v) is 13.2. The fourth-order valence-corrected chi connectivity index (χ4v) is 1.42. The van der Waals surface area contributed by atoms with E-state index in [4.69, 9.17) is 4.74 Å². The molecular formula is C18H24O3. The van der Waals surface area contributed by atoms with Crippen LogP contribution in [-0.4, -0.2) is 13.6 Å². The molecule has 0 unspecified atom stereocenters. The second kappa shape index (κ2) is 12.7. The smallest absolute Gasteiger partial charge is 0.298 e. The van der Waals surface area contributed by atoms with E-state index < -0.39 is 0 Å². The minimum absolute atomic E-state index is 0.391. The first-order valence-corrected chi connectivity index (χ1v) is 7.08. The summed E-state index contributed by atoms with van der Waals surface area (Å²) in [6.07, 6.45) is 1.14. The van der Waals surface area contributed by atoms with Gasteiger partial charge in [-0.2, -0.15) is 0 Å². The fraction of sp³-hybridized carbons (Fsp3) is 0.278. The molecule has 2 rings (SSSR count). The van der Waals surface area contributed by atoms with Crippen molar-refractivity contribution in [2.24, 2.45) is 0 Å². The van der Waals surface area contributed by atoms with E-state index in [0.29, 0.717) is 12.2 Å². The number of hydrogen-bond donors (Lipinski definition) is 0. The predicted octanol–water partition coefficient (Wildman–Crippen LogP) is 4.51. The summed E-state index contributed by atoms with van der Waals surface area (Å²) in [5, 5.41) is 0. The molecule has 0 aliphatic rings. The van der Waals surface area contributed by atoms with E-state index in [9.17, 15) is 4.79 Å². The van der Waals surface area contributed by atoms with Gasteiger partial charge in [0.1, 0.15) is 11.5 Å². The van der Waals surface area contributed by atoms with Crippen LogP contribution in [0.2, 0.25) is 0 Å². The Labute approximate surface area is 127 Å². The number of aryl methyl sites for hydroxylation is 1. The van der Waals surface area contributed by atoms with Crippen LogP contribution in [0.4, 0.5) is 0 Å². The summed E-state index contributed by atoms with van der Waals surface area (Å²) >= 11 is 0. The van der Waals surface area contributed by atoms with Crippen LogP contribution in [0.15, 0.2) is 54.6 Å². The Kier molecular flexibility index (Phi) is 11.3. The second-order valence-electron chi connectivity index (χ2n) is 3.73. The molecule has 2 aromatic carbocycles. The number of rotatable bonds is 4. The fourth-order valence-electron chi connectivity index (χ4n) is 1.42. The highest BCUT2D eigenvalue weighted by atomic mass is 16.5. The Balaban J connectivity index is 0.000000354. The quantitative estimate of drug-likeness (QED) is 0.777. The molecule has 0 radical (unpaired) electrons. The van der Waals surface area contributed by atoms with Crippen LogP contribution in [0, 0.1) is 0 Å². The SMILES string of the molecule is CC.CCc1ccccc1.COc1ccc(OC=O)cc1. The highest BCUT2D eigenvalue weighted by Gasteiger charge is 1.92. The molecule has 0 saturated heterocycles. The molecule has 0 aromatic heterocycles. The van der Waals surface area contributed by atoms with Crippen molar-refractivity contribution in [1.82, 2.24) is 0 Å². The van der Waals surface area contributed by atoms with Crippen molar-refractivity contribution >= 4 is 6.47 Å². The Morgan fingerprint density at radius 1 is 0.905 bits per heavy atom. The van der Waals surface area contributed by atoms with Crippen molar-refractivity contribution in [3.05, 3.63) is 60.2 Å². The van der Waals surface area contributed by atoms with Crippen molar-refractivity contribution in [3.8, 4) is 11.5 Å². The summed E-state index contributed by atoms with van der Waals surface area (Å²) in [6.45, 7) is 6.55.